The van der Waals surface area contributed by atoms with Crippen molar-refractivity contribution < 1.29 is 9.09 Å². The molecule has 1 rings (SSSR count). The summed E-state index contributed by atoms with van der Waals surface area (Å²) in [6.07, 6.45) is 2.94. The van der Waals surface area contributed by atoms with Crippen LogP contribution in [0.3, 0.4) is 0 Å². The van der Waals surface area contributed by atoms with Crippen LogP contribution in [-0.4, -0.2) is 19.4 Å². The molecule has 0 amide bonds. The SMILES string of the molecule is CP1(=O)CCCCO1. The summed E-state index contributed by atoms with van der Waals surface area (Å²) in [5.74, 6) is 0. The second-order valence-electron chi connectivity index (χ2n) is 2.28. The summed E-state index contributed by atoms with van der Waals surface area (Å²) in [6.45, 7) is 2.42. The molecule has 1 aliphatic rings. The lowest BCUT2D eigenvalue weighted by Gasteiger charge is -2.18. The zero-order valence-electron chi connectivity index (χ0n) is 5.09. The van der Waals surface area contributed by atoms with E-state index in [2.05, 4.69) is 0 Å². The Bertz CT molecular complexity index is 112. The molecule has 1 unspecified atom stereocenters. The van der Waals surface area contributed by atoms with Crippen LogP contribution < -0.4 is 0 Å². The zero-order valence-corrected chi connectivity index (χ0v) is 5.99. The van der Waals surface area contributed by atoms with Gasteiger partial charge in [-0.1, -0.05) is 0 Å². The van der Waals surface area contributed by atoms with Gasteiger partial charge in [0, 0.05) is 12.8 Å². The maximum Gasteiger partial charge on any atom is 0.200 e. The molecule has 1 atom stereocenters. The molecule has 0 bridgehead atoms. The van der Waals surface area contributed by atoms with E-state index >= 15 is 0 Å². The van der Waals surface area contributed by atoms with Crippen molar-refractivity contribution in [2.24, 2.45) is 0 Å². The van der Waals surface area contributed by atoms with E-state index in [1.165, 1.54) is 0 Å². The highest BCUT2D eigenvalue weighted by atomic mass is 31.2. The molecule has 3 heteroatoms. The molecular weight excluding hydrogens is 123 g/mol. The van der Waals surface area contributed by atoms with E-state index in [4.69, 9.17) is 4.52 Å². The normalized spacial score (nSPS) is 39.6. The summed E-state index contributed by atoms with van der Waals surface area (Å²) in [6, 6.07) is 0. The van der Waals surface area contributed by atoms with E-state index in [9.17, 15) is 4.57 Å². The van der Waals surface area contributed by atoms with Crippen LogP contribution in [0.25, 0.3) is 0 Å². The van der Waals surface area contributed by atoms with Crippen LogP contribution in [0.2, 0.25) is 0 Å². The van der Waals surface area contributed by atoms with E-state index in [0.29, 0.717) is 6.61 Å². The van der Waals surface area contributed by atoms with Crippen molar-refractivity contribution in [1.82, 2.24) is 0 Å². The van der Waals surface area contributed by atoms with E-state index < -0.39 is 7.37 Å². The molecule has 0 aromatic rings. The van der Waals surface area contributed by atoms with Crippen LogP contribution in [0.5, 0.6) is 0 Å². The lowest BCUT2D eigenvalue weighted by Crippen LogP contribution is -2.03. The van der Waals surface area contributed by atoms with Crippen LogP contribution in [0.4, 0.5) is 0 Å². The van der Waals surface area contributed by atoms with Crippen LogP contribution >= 0.6 is 7.37 Å². The predicted molar refractivity (Wildman–Crippen MR) is 33.6 cm³/mol. The van der Waals surface area contributed by atoms with Crippen molar-refractivity contribution in [2.45, 2.75) is 12.8 Å². The molecule has 0 aromatic carbocycles. The van der Waals surface area contributed by atoms with Gasteiger partial charge in [0.15, 0.2) is 7.37 Å². The van der Waals surface area contributed by atoms with Gasteiger partial charge >= 0.3 is 0 Å². The molecule has 0 N–H and O–H groups in total. The molecule has 0 spiro atoms. The number of rotatable bonds is 0. The number of hydrogen-bond acceptors (Lipinski definition) is 2. The van der Waals surface area contributed by atoms with E-state index in [1.54, 1.807) is 6.66 Å². The molecule has 1 heterocycles. The van der Waals surface area contributed by atoms with Gasteiger partial charge in [-0.2, -0.15) is 0 Å². The molecule has 0 aliphatic carbocycles. The molecule has 48 valence electrons. The highest BCUT2D eigenvalue weighted by Crippen LogP contribution is 2.45. The molecule has 0 radical (unpaired) electrons. The smallest absolute Gasteiger partial charge is 0.200 e. The van der Waals surface area contributed by atoms with Gasteiger partial charge in [0.2, 0.25) is 0 Å². The highest BCUT2D eigenvalue weighted by Gasteiger charge is 2.18. The molecule has 0 aromatic heterocycles. The fourth-order valence-corrected chi connectivity index (χ4v) is 2.27. The van der Waals surface area contributed by atoms with Crippen LogP contribution in [0.1, 0.15) is 12.8 Å². The molecule has 1 fully saturated rings. The minimum absolute atomic E-state index is 0.702. The fraction of sp³-hybridized carbons (Fsp3) is 1.00. The summed E-state index contributed by atoms with van der Waals surface area (Å²) >= 11 is 0. The van der Waals surface area contributed by atoms with Gasteiger partial charge in [-0.25, -0.2) is 0 Å². The Kier molecular flexibility index (Phi) is 1.74. The van der Waals surface area contributed by atoms with Crippen molar-refractivity contribution >= 4 is 7.37 Å². The first kappa shape index (κ1) is 6.31. The predicted octanol–water partition coefficient (Wildman–Crippen LogP) is 1.70. The van der Waals surface area contributed by atoms with Gasteiger partial charge in [-0.3, -0.25) is 4.57 Å². The summed E-state index contributed by atoms with van der Waals surface area (Å²) in [7, 11) is -2.09. The first-order valence-corrected chi connectivity index (χ1v) is 5.17. The maximum absolute atomic E-state index is 11.0. The summed E-state index contributed by atoms with van der Waals surface area (Å²) in [4.78, 5) is 0. The van der Waals surface area contributed by atoms with Crippen LogP contribution in [0.15, 0.2) is 0 Å². The Morgan fingerprint density at radius 2 is 2.25 bits per heavy atom. The third-order valence-electron chi connectivity index (χ3n) is 1.32. The maximum atomic E-state index is 11.0. The Hall–Kier alpha value is 0.190. The largest absolute Gasteiger partial charge is 0.329 e. The van der Waals surface area contributed by atoms with Crippen LogP contribution in [-0.2, 0) is 9.09 Å². The average molecular weight is 134 g/mol. The van der Waals surface area contributed by atoms with Gasteiger partial charge in [-0.15, -0.1) is 0 Å². The zero-order chi connectivity index (χ0) is 6.04. The van der Waals surface area contributed by atoms with Gasteiger partial charge in [0.25, 0.3) is 0 Å². The van der Waals surface area contributed by atoms with Crippen molar-refractivity contribution in [1.29, 1.82) is 0 Å². The fourth-order valence-electron chi connectivity index (χ4n) is 0.823. The third-order valence-corrected chi connectivity index (χ3v) is 3.18. The minimum Gasteiger partial charge on any atom is -0.329 e. The Labute approximate surface area is 49.7 Å². The van der Waals surface area contributed by atoms with Crippen molar-refractivity contribution in [2.75, 3.05) is 19.4 Å². The molecule has 8 heavy (non-hydrogen) atoms. The minimum atomic E-state index is -2.09. The average Bonchev–Trinajstić information content (AvgIpc) is 1.65. The van der Waals surface area contributed by atoms with Gasteiger partial charge in [-0.05, 0) is 12.8 Å². The molecule has 0 saturated carbocycles. The lowest BCUT2D eigenvalue weighted by atomic mass is 10.4. The Morgan fingerprint density at radius 3 is 2.50 bits per heavy atom. The lowest BCUT2D eigenvalue weighted by molar-refractivity contribution is 0.290. The molecule has 1 saturated heterocycles. The second kappa shape index (κ2) is 2.20. The first-order chi connectivity index (χ1) is 3.71. The van der Waals surface area contributed by atoms with Crippen molar-refractivity contribution in [3.8, 4) is 0 Å². The quantitative estimate of drug-likeness (QED) is 0.471. The first-order valence-electron chi connectivity index (χ1n) is 2.92. The number of hydrogen-bond donors (Lipinski definition) is 0. The summed E-state index contributed by atoms with van der Waals surface area (Å²) < 4.78 is 16.0. The van der Waals surface area contributed by atoms with E-state index in [1.807, 2.05) is 0 Å². The van der Waals surface area contributed by atoms with Gasteiger partial charge in [0.05, 0.1) is 6.61 Å². The van der Waals surface area contributed by atoms with Crippen LogP contribution in [0, 0.1) is 0 Å². The highest BCUT2D eigenvalue weighted by molar-refractivity contribution is 7.58. The van der Waals surface area contributed by atoms with Crippen molar-refractivity contribution in [3.63, 3.8) is 0 Å². The van der Waals surface area contributed by atoms with Gasteiger partial charge < -0.3 is 4.52 Å². The molecular formula is C5H11O2P. The Balaban J connectivity index is 2.45. The van der Waals surface area contributed by atoms with E-state index in [-0.39, 0.29) is 0 Å². The monoisotopic (exact) mass is 134 g/mol. The van der Waals surface area contributed by atoms with E-state index in [0.717, 1.165) is 19.0 Å². The Morgan fingerprint density at radius 1 is 1.50 bits per heavy atom. The third kappa shape index (κ3) is 1.61. The topological polar surface area (TPSA) is 26.3 Å². The second-order valence-corrected chi connectivity index (χ2v) is 5.01. The summed E-state index contributed by atoms with van der Waals surface area (Å²) in [5.41, 5.74) is 0. The summed E-state index contributed by atoms with van der Waals surface area (Å²) in [5, 5.41) is 0. The molecule has 1 aliphatic heterocycles. The van der Waals surface area contributed by atoms with Gasteiger partial charge in [0.1, 0.15) is 0 Å². The molecule has 2 nitrogen and oxygen atoms in total. The van der Waals surface area contributed by atoms with Crippen molar-refractivity contribution in [3.05, 3.63) is 0 Å². The standard InChI is InChI=1S/C5H11O2P/c1-8(6)5-3-2-4-7-8/h2-5H2,1H3.